The third-order valence-electron chi connectivity index (χ3n) is 3.51. The number of amides is 1. The lowest BCUT2D eigenvalue weighted by atomic mass is 10.2. The van der Waals surface area contributed by atoms with Crippen molar-refractivity contribution in [2.75, 3.05) is 19.4 Å². The lowest BCUT2D eigenvalue weighted by Gasteiger charge is -2.24. The van der Waals surface area contributed by atoms with Crippen molar-refractivity contribution in [3.63, 3.8) is 0 Å². The number of sulfone groups is 1. The number of benzene rings is 1. The van der Waals surface area contributed by atoms with Gasteiger partial charge in [0, 0.05) is 17.0 Å². The van der Waals surface area contributed by atoms with Gasteiger partial charge in [-0.2, -0.15) is 11.8 Å². The van der Waals surface area contributed by atoms with E-state index in [-0.39, 0.29) is 9.64 Å². The van der Waals surface area contributed by atoms with Crippen LogP contribution in [-0.2, 0) is 14.6 Å². The van der Waals surface area contributed by atoms with Gasteiger partial charge < -0.3 is 10.1 Å². The Morgan fingerprint density at radius 3 is 2.12 bits per heavy atom. The fourth-order valence-electron chi connectivity index (χ4n) is 1.91. The normalized spacial score (nSPS) is 12.8. The summed E-state index contributed by atoms with van der Waals surface area (Å²) < 4.78 is 29.2. The van der Waals surface area contributed by atoms with Gasteiger partial charge in [-0.05, 0) is 38.1 Å². The lowest BCUT2D eigenvalue weighted by molar-refractivity contribution is -0.122. The van der Waals surface area contributed by atoms with Crippen LogP contribution in [0.3, 0.4) is 0 Å². The quantitative estimate of drug-likeness (QED) is 0.744. The van der Waals surface area contributed by atoms with E-state index in [4.69, 9.17) is 4.74 Å². The van der Waals surface area contributed by atoms with E-state index in [2.05, 4.69) is 26.1 Å². The number of thioether (sulfide) groups is 1. The molecule has 7 heteroatoms. The van der Waals surface area contributed by atoms with Crippen molar-refractivity contribution in [1.82, 2.24) is 5.32 Å². The zero-order chi connectivity index (χ0) is 18.6. The Morgan fingerprint density at radius 1 is 1.12 bits per heavy atom. The number of nitrogens with one attached hydrogen (secondary N) is 1. The Hall–Kier alpha value is -1.21. The fraction of sp³-hybridized carbons (Fsp3) is 0.588. The van der Waals surface area contributed by atoms with Gasteiger partial charge in [0.15, 0.2) is 9.84 Å². The van der Waals surface area contributed by atoms with Gasteiger partial charge in [0.25, 0.3) is 0 Å². The third kappa shape index (κ3) is 5.14. The monoisotopic (exact) mass is 373 g/mol. The highest BCUT2D eigenvalue weighted by atomic mass is 32.2. The Morgan fingerprint density at radius 2 is 1.67 bits per heavy atom. The first kappa shape index (κ1) is 20.8. The highest BCUT2D eigenvalue weighted by Gasteiger charge is 2.42. The van der Waals surface area contributed by atoms with Gasteiger partial charge in [0.2, 0.25) is 5.91 Å². The molecule has 1 aromatic rings. The SMILES string of the molecule is COc1ccc(S(=O)(=O)C(C)(C)C(=O)NCCSC(C)(C)C)cc1. The van der Waals surface area contributed by atoms with Gasteiger partial charge in [-0.15, -0.1) is 0 Å². The smallest absolute Gasteiger partial charge is 0.241 e. The van der Waals surface area contributed by atoms with Crippen LogP contribution in [0.15, 0.2) is 29.2 Å². The first-order valence-corrected chi connectivity index (χ1v) is 10.2. The maximum Gasteiger partial charge on any atom is 0.241 e. The van der Waals surface area contributed by atoms with Gasteiger partial charge in [0.05, 0.1) is 12.0 Å². The van der Waals surface area contributed by atoms with E-state index < -0.39 is 20.5 Å². The topological polar surface area (TPSA) is 72.5 Å². The predicted octanol–water partition coefficient (Wildman–Crippen LogP) is 2.90. The van der Waals surface area contributed by atoms with Gasteiger partial charge in [0.1, 0.15) is 10.5 Å². The minimum atomic E-state index is -3.80. The summed E-state index contributed by atoms with van der Waals surface area (Å²) in [6, 6.07) is 6.05. The molecular weight excluding hydrogens is 346 g/mol. The summed E-state index contributed by atoms with van der Waals surface area (Å²) in [6.45, 7) is 9.58. The zero-order valence-corrected chi connectivity index (χ0v) is 16.8. The second-order valence-electron chi connectivity index (χ2n) is 6.91. The number of methoxy groups -OCH3 is 1. The Balaban J connectivity index is 2.82. The molecule has 5 nitrogen and oxygen atoms in total. The summed E-state index contributed by atoms with van der Waals surface area (Å²) in [5.74, 6) is 0.803. The Bertz CT molecular complexity index is 659. The average molecular weight is 374 g/mol. The highest BCUT2D eigenvalue weighted by Crippen LogP contribution is 2.27. The summed E-state index contributed by atoms with van der Waals surface area (Å²) in [5.41, 5.74) is 0. The summed E-state index contributed by atoms with van der Waals surface area (Å²) in [4.78, 5) is 12.5. The minimum Gasteiger partial charge on any atom is -0.497 e. The molecule has 24 heavy (non-hydrogen) atoms. The van der Waals surface area contributed by atoms with E-state index in [1.807, 2.05) is 0 Å². The number of carbonyl (C=O) groups excluding carboxylic acids is 1. The molecule has 0 unspecified atom stereocenters. The van der Waals surface area contributed by atoms with Crippen LogP contribution in [-0.4, -0.2) is 43.2 Å². The van der Waals surface area contributed by atoms with Crippen molar-refractivity contribution in [2.24, 2.45) is 0 Å². The van der Waals surface area contributed by atoms with Gasteiger partial charge in [-0.1, -0.05) is 20.8 Å². The lowest BCUT2D eigenvalue weighted by Crippen LogP contribution is -2.48. The number of ether oxygens (including phenoxy) is 1. The molecular formula is C17H27NO4S2. The van der Waals surface area contributed by atoms with E-state index in [1.165, 1.54) is 33.1 Å². The van der Waals surface area contributed by atoms with Crippen LogP contribution >= 0.6 is 11.8 Å². The van der Waals surface area contributed by atoms with E-state index in [9.17, 15) is 13.2 Å². The second kappa shape index (κ2) is 7.78. The number of carbonyl (C=O) groups is 1. The Kier molecular flexibility index (Phi) is 6.75. The molecule has 0 aromatic heterocycles. The van der Waals surface area contributed by atoms with E-state index in [1.54, 1.807) is 23.9 Å². The molecule has 0 radical (unpaired) electrons. The van der Waals surface area contributed by atoms with Crippen LogP contribution in [0.1, 0.15) is 34.6 Å². The molecule has 0 aliphatic rings. The van der Waals surface area contributed by atoms with Crippen LogP contribution < -0.4 is 10.1 Å². The molecule has 0 heterocycles. The molecule has 1 amide bonds. The molecule has 1 aromatic carbocycles. The summed E-state index contributed by atoms with van der Waals surface area (Å²) >= 11 is 1.72. The maximum absolute atomic E-state index is 12.8. The highest BCUT2D eigenvalue weighted by molar-refractivity contribution is 8.00. The molecule has 136 valence electrons. The van der Waals surface area contributed by atoms with Crippen molar-refractivity contribution in [3.8, 4) is 5.75 Å². The van der Waals surface area contributed by atoms with Crippen molar-refractivity contribution >= 4 is 27.5 Å². The van der Waals surface area contributed by atoms with Crippen molar-refractivity contribution in [1.29, 1.82) is 0 Å². The molecule has 0 bridgehead atoms. The Labute approximate surface area is 149 Å². The maximum atomic E-state index is 12.8. The van der Waals surface area contributed by atoms with Gasteiger partial charge in [-0.25, -0.2) is 8.42 Å². The van der Waals surface area contributed by atoms with Gasteiger partial charge in [-0.3, -0.25) is 4.79 Å². The number of hydrogen-bond donors (Lipinski definition) is 1. The molecule has 0 aliphatic heterocycles. The zero-order valence-electron chi connectivity index (χ0n) is 15.2. The molecule has 0 saturated carbocycles. The second-order valence-corrected chi connectivity index (χ2v) is 11.3. The number of hydrogen-bond acceptors (Lipinski definition) is 5. The first-order chi connectivity index (χ1) is 10.9. The standard InChI is InChI=1S/C17H27NO4S2/c1-16(2,3)23-12-11-18-15(19)17(4,5)24(20,21)14-9-7-13(22-6)8-10-14/h7-10H,11-12H2,1-6H3,(H,18,19). The molecule has 1 N–H and O–H groups in total. The van der Waals surface area contributed by atoms with E-state index >= 15 is 0 Å². The molecule has 0 saturated heterocycles. The van der Waals surface area contributed by atoms with E-state index in [0.717, 1.165) is 5.75 Å². The van der Waals surface area contributed by atoms with Crippen LogP contribution in [0.2, 0.25) is 0 Å². The summed E-state index contributed by atoms with van der Waals surface area (Å²) in [6.07, 6.45) is 0. The first-order valence-electron chi connectivity index (χ1n) is 7.73. The summed E-state index contributed by atoms with van der Waals surface area (Å²) in [5, 5.41) is 2.73. The average Bonchev–Trinajstić information content (AvgIpc) is 2.50. The molecule has 0 fully saturated rings. The largest absolute Gasteiger partial charge is 0.497 e. The molecule has 0 spiro atoms. The van der Waals surface area contributed by atoms with Crippen LogP contribution in [0.5, 0.6) is 5.75 Å². The van der Waals surface area contributed by atoms with Crippen molar-refractivity contribution in [3.05, 3.63) is 24.3 Å². The summed E-state index contributed by atoms with van der Waals surface area (Å²) in [7, 11) is -2.29. The van der Waals surface area contributed by atoms with Crippen molar-refractivity contribution < 1.29 is 17.9 Å². The van der Waals surface area contributed by atoms with Crippen LogP contribution in [0.4, 0.5) is 0 Å². The third-order valence-corrected chi connectivity index (χ3v) is 7.21. The number of rotatable bonds is 7. The molecule has 0 aliphatic carbocycles. The van der Waals surface area contributed by atoms with Crippen molar-refractivity contribution in [2.45, 2.75) is 49.0 Å². The van der Waals surface area contributed by atoms with E-state index in [0.29, 0.717) is 12.3 Å². The molecule has 1 rings (SSSR count). The molecule has 0 atom stereocenters. The predicted molar refractivity (Wildman–Crippen MR) is 99.5 cm³/mol. The minimum absolute atomic E-state index is 0.104. The van der Waals surface area contributed by atoms with Gasteiger partial charge >= 0.3 is 0 Å². The van der Waals surface area contributed by atoms with Crippen LogP contribution in [0.25, 0.3) is 0 Å². The van der Waals surface area contributed by atoms with Crippen LogP contribution in [0, 0.1) is 0 Å². The fourth-order valence-corrected chi connectivity index (χ4v) is 4.12.